The van der Waals surface area contributed by atoms with Gasteiger partial charge in [-0.1, -0.05) is 24.6 Å². The van der Waals surface area contributed by atoms with Crippen LogP contribution >= 0.6 is 11.6 Å². The van der Waals surface area contributed by atoms with Gasteiger partial charge in [0.15, 0.2) is 0 Å². The summed E-state index contributed by atoms with van der Waals surface area (Å²) in [7, 11) is 0. The van der Waals surface area contributed by atoms with E-state index in [0.717, 1.165) is 6.42 Å². The second-order valence-electron chi connectivity index (χ2n) is 4.06. The molecule has 18 heavy (non-hydrogen) atoms. The Labute approximate surface area is 111 Å². The Morgan fingerprint density at radius 2 is 2.28 bits per heavy atom. The predicted molar refractivity (Wildman–Crippen MR) is 69.0 cm³/mol. The highest BCUT2D eigenvalue weighted by atomic mass is 35.5. The number of hydrogen-bond acceptors (Lipinski definition) is 2. The molecular formula is C13H17ClFNO2. The summed E-state index contributed by atoms with van der Waals surface area (Å²) in [5.74, 6) is -0.768. The maximum atomic E-state index is 13.5. The molecule has 0 radical (unpaired) electrons. The van der Waals surface area contributed by atoms with E-state index in [1.165, 1.54) is 12.1 Å². The van der Waals surface area contributed by atoms with E-state index in [1.807, 2.05) is 6.92 Å². The topological polar surface area (TPSA) is 49.3 Å². The van der Waals surface area contributed by atoms with Crippen molar-refractivity contribution in [3.8, 4) is 0 Å². The quantitative estimate of drug-likeness (QED) is 0.836. The van der Waals surface area contributed by atoms with Crippen LogP contribution in [0.25, 0.3) is 0 Å². The second-order valence-corrected chi connectivity index (χ2v) is 4.47. The van der Waals surface area contributed by atoms with Crippen molar-refractivity contribution in [2.24, 2.45) is 0 Å². The van der Waals surface area contributed by atoms with E-state index in [2.05, 4.69) is 5.32 Å². The van der Waals surface area contributed by atoms with Gasteiger partial charge in [-0.2, -0.15) is 0 Å². The molecule has 0 spiro atoms. The van der Waals surface area contributed by atoms with Crippen LogP contribution in [-0.4, -0.2) is 23.7 Å². The first-order valence-electron chi connectivity index (χ1n) is 5.91. The number of benzene rings is 1. The number of aliphatic hydroxyl groups excluding tert-OH is 1. The largest absolute Gasteiger partial charge is 0.396 e. The van der Waals surface area contributed by atoms with Gasteiger partial charge in [-0.3, -0.25) is 4.79 Å². The number of amides is 1. The lowest BCUT2D eigenvalue weighted by molar-refractivity contribution is -0.121. The molecule has 0 saturated carbocycles. The number of carbonyl (C=O) groups is 1. The number of halogens is 2. The summed E-state index contributed by atoms with van der Waals surface area (Å²) >= 11 is 5.85. The minimum absolute atomic E-state index is 0.0131. The number of hydrogen-bond donors (Lipinski definition) is 2. The summed E-state index contributed by atoms with van der Waals surface area (Å²) in [6.07, 6.45) is 1.12. The van der Waals surface area contributed by atoms with Crippen molar-refractivity contribution < 1.29 is 14.3 Å². The third-order valence-electron chi connectivity index (χ3n) is 2.73. The van der Waals surface area contributed by atoms with E-state index >= 15 is 0 Å². The molecular weight excluding hydrogens is 257 g/mol. The van der Waals surface area contributed by atoms with Gasteiger partial charge in [0.25, 0.3) is 0 Å². The third-order valence-corrected chi connectivity index (χ3v) is 3.09. The second kappa shape index (κ2) is 7.34. The summed E-state index contributed by atoms with van der Waals surface area (Å²) in [4.78, 5) is 11.7. The van der Waals surface area contributed by atoms with Crippen LogP contribution in [0.5, 0.6) is 0 Å². The molecule has 100 valence electrons. The van der Waals surface area contributed by atoms with Gasteiger partial charge in [-0.25, -0.2) is 4.39 Å². The zero-order valence-corrected chi connectivity index (χ0v) is 11.0. The molecule has 0 aromatic heterocycles. The van der Waals surface area contributed by atoms with Crippen molar-refractivity contribution in [1.29, 1.82) is 0 Å². The van der Waals surface area contributed by atoms with Gasteiger partial charge >= 0.3 is 0 Å². The van der Waals surface area contributed by atoms with Gasteiger partial charge < -0.3 is 10.4 Å². The lowest BCUT2D eigenvalue weighted by atomic mass is 10.1. The highest BCUT2D eigenvalue weighted by Crippen LogP contribution is 2.19. The number of aliphatic hydroxyl groups is 1. The van der Waals surface area contributed by atoms with Crippen molar-refractivity contribution in [1.82, 2.24) is 5.32 Å². The maximum Gasteiger partial charge on any atom is 0.224 e. The molecule has 0 aliphatic carbocycles. The van der Waals surface area contributed by atoms with Gasteiger partial charge in [0.1, 0.15) is 5.82 Å². The first-order chi connectivity index (χ1) is 8.58. The number of rotatable bonds is 6. The Morgan fingerprint density at radius 3 is 2.83 bits per heavy atom. The molecule has 5 heteroatoms. The van der Waals surface area contributed by atoms with Gasteiger partial charge in [-0.05, 0) is 25.0 Å². The van der Waals surface area contributed by atoms with Crippen LogP contribution < -0.4 is 5.32 Å². The molecule has 0 aliphatic rings. The van der Waals surface area contributed by atoms with Crippen LogP contribution in [0.2, 0.25) is 5.02 Å². The Hall–Kier alpha value is -1.13. The van der Waals surface area contributed by atoms with Gasteiger partial charge in [0, 0.05) is 23.2 Å². The maximum absolute atomic E-state index is 13.5. The molecule has 1 rings (SSSR count). The molecule has 0 heterocycles. The minimum atomic E-state index is -0.479. The standard InChI is InChI=1S/C13H17ClFNO2/c1-2-9(6-7-17)16-13(18)8-10-11(14)4-3-5-12(10)15/h3-5,9,17H,2,6-8H2,1H3,(H,16,18). The number of nitrogens with one attached hydrogen (secondary N) is 1. The molecule has 1 amide bonds. The summed E-state index contributed by atoms with van der Waals surface area (Å²) in [6, 6.07) is 4.24. The van der Waals surface area contributed by atoms with Crippen molar-refractivity contribution >= 4 is 17.5 Å². The van der Waals surface area contributed by atoms with E-state index < -0.39 is 5.82 Å². The lowest BCUT2D eigenvalue weighted by Gasteiger charge is -2.16. The monoisotopic (exact) mass is 273 g/mol. The van der Waals surface area contributed by atoms with E-state index in [1.54, 1.807) is 6.07 Å². The van der Waals surface area contributed by atoms with Crippen LogP contribution in [0.15, 0.2) is 18.2 Å². The van der Waals surface area contributed by atoms with E-state index in [9.17, 15) is 9.18 Å². The molecule has 1 aromatic rings. The third kappa shape index (κ3) is 4.27. The number of carbonyl (C=O) groups excluding carboxylic acids is 1. The fourth-order valence-electron chi connectivity index (χ4n) is 1.67. The van der Waals surface area contributed by atoms with Crippen LogP contribution in [0.3, 0.4) is 0 Å². The molecule has 2 N–H and O–H groups in total. The molecule has 0 fully saturated rings. The molecule has 1 atom stereocenters. The zero-order valence-electron chi connectivity index (χ0n) is 10.2. The Bertz CT molecular complexity index is 392. The van der Waals surface area contributed by atoms with Crippen LogP contribution in [0.1, 0.15) is 25.3 Å². The van der Waals surface area contributed by atoms with Crippen molar-refractivity contribution in [2.75, 3.05) is 6.61 Å². The van der Waals surface area contributed by atoms with Crippen LogP contribution in [0, 0.1) is 5.82 Å². The zero-order chi connectivity index (χ0) is 13.5. The summed E-state index contributed by atoms with van der Waals surface area (Å²) in [5.41, 5.74) is 0.204. The Kier molecular flexibility index (Phi) is 6.09. The fourth-order valence-corrected chi connectivity index (χ4v) is 1.90. The first kappa shape index (κ1) is 14.9. The highest BCUT2D eigenvalue weighted by molar-refractivity contribution is 6.31. The van der Waals surface area contributed by atoms with Crippen LogP contribution in [0.4, 0.5) is 4.39 Å². The normalized spacial score (nSPS) is 12.2. The summed E-state index contributed by atoms with van der Waals surface area (Å²) in [6.45, 7) is 1.93. The molecule has 3 nitrogen and oxygen atoms in total. The molecule has 1 unspecified atom stereocenters. The molecule has 0 bridgehead atoms. The first-order valence-corrected chi connectivity index (χ1v) is 6.29. The summed E-state index contributed by atoms with van der Waals surface area (Å²) in [5, 5.41) is 11.8. The van der Waals surface area contributed by atoms with Crippen molar-refractivity contribution in [3.63, 3.8) is 0 Å². The molecule has 0 aliphatic heterocycles. The van der Waals surface area contributed by atoms with E-state index in [0.29, 0.717) is 6.42 Å². The SMILES string of the molecule is CCC(CCO)NC(=O)Cc1c(F)cccc1Cl. The van der Waals surface area contributed by atoms with E-state index in [-0.39, 0.29) is 35.6 Å². The van der Waals surface area contributed by atoms with Crippen LogP contribution in [-0.2, 0) is 11.2 Å². The van der Waals surface area contributed by atoms with Gasteiger partial charge in [-0.15, -0.1) is 0 Å². The molecule has 0 saturated heterocycles. The lowest BCUT2D eigenvalue weighted by Crippen LogP contribution is -2.36. The average molecular weight is 274 g/mol. The van der Waals surface area contributed by atoms with Crippen molar-refractivity contribution in [3.05, 3.63) is 34.6 Å². The van der Waals surface area contributed by atoms with Gasteiger partial charge in [0.05, 0.1) is 6.42 Å². The molecule has 1 aromatic carbocycles. The Balaban J connectivity index is 2.64. The Morgan fingerprint density at radius 1 is 1.56 bits per heavy atom. The average Bonchev–Trinajstić information content (AvgIpc) is 2.33. The summed E-state index contributed by atoms with van der Waals surface area (Å²) < 4.78 is 13.5. The van der Waals surface area contributed by atoms with E-state index in [4.69, 9.17) is 16.7 Å². The minimum Gasteiger partial charge on any atom is -0.396 e. The smallest absolute Gasteiger partial charge is 0.224 e. The van der Waals surface area contributed by atoms with Crippen molar-refractivity contribution in [2.45, 2.75) is 32.2 Å². The fraction of sp³-hybridized carbons (Fsp3) is 0.462. The van der Waals surface area contributed by atoms with Gasteiger partial charge in [0.2, 0.25) is 5.91 Å². The predicted octanol–water partition coefficient (Wildman–Crippen LogP) is 2.30. The highest BCUT2D eigenvalue weighted by Gasteiger charge is 2.14.